The average Bonchev–Trinajstić information content (AvgIpc) is 2.35. The second kappa shape index (κ2) is 6.95. The molecule has 6 heteroatoms. The average molecular weight is 299 g/mol. The number of hydrogen-bond donors (Lipinski definition) is 3. The molecule has 0 saturated carbocycles. The Hall–Kier alpha value is -1.27. The molecule has 0 aliphatic heterocycles. The molecule has 0 spiro atoms. The van der Waals surface area contributed by atoms with Crippen LogP contribution in [-0.4, -0.2) is 32.8 Å². The summed E-state index contributed by atoms with van der Waals surface area (Å²) in [6.07, 6.45) is 0. The Morgan fingerprint density at radius 1 is 1.00 bits per heavy atom. The molecule has 1 rings (SSSR count). The van der Waals surface area contributed by atoms with E-state index in [2.05, 4.69) is 36.1 Å². The fourth-order valence-corrected chi connectivity index (χ4v) is 2.19. The van der Waals surface area contributed by atoms with E-state index in [0.717, 1.165) is 18.8 Å². The number of anilines is 2. The topological polar surface area (TPSA) is 70.2 Å². The maximum Gasteiger partial charge on any atom is 0.232 e. The molecule has 0 bridgehead atoms. The van der Waals surface area contributed by atoms with Crippen LogP contribution in [0.2, 0.25) is 0 Å². The molecule has 1 aromatic carbocycles. The highest BCUT2D eigenvalue weighted by molar-refractivity contribution is 7.92. The number of nitrogens with one attached hydrogen (secondary N) is 3. The van der Waals surface area contributed by atoms with E-state index < -0.39 is 10.0 Å². The summed E-state index contributed by atoms with van der Waals surface area (Å²) in [6, 6.07) is 7.24. The van der Waals surface area contributed by atoms with Gasteiger partial charge in [0.15, 0.2) is 0 Å². The third-order valence-corrected chi connectivity index (χ3v) is 3.95. The van der Waals surface area contributed by atoms with Crippen molar-refractivity contribution in [3.8, 4) is 0 Å². The minimum absolute atomic E-state index is 0.0749. The van der Waals surface area contributed by atoms with Crippen LogP contribution in [0.25, 0.3) is 0 Å². The maximum absolute atomic E-state index is 11.4. The van der Waals surface area contributed by atoms with Crippen LogP contribution < -0.4 is 15.4 Å². The normalized spacial score (nSPS) is 12.2. The van der Waals surface area contributed by atoms with Crippen molar-refractivity contribution in [3.05, 3.63) is 24.3 Å². The molecule has 0 fully saturated rings. The first kappa shape index (κ1) is 16.8. The summed E-state index contributed by atoms with van der Waals surface area (Å²) in [6.45, 7) is 9.68. The summed E-state index contributed by atoms with van der Waals surface area (Å²) in [5.41, 5.74) is 1.68. The van der Waals surface area contributed by atoms with Gasteiger partial charge in [0, 0.05) is 30.0 Å². The van der Waals surface area contributed by atoms with Gasteiger partial charge in [-0.25, -0.2) is 8.42 Å². The predicted molar refractivity (Wildman–Crippen MR) is 85.8 cm³/mol. The zero-order valence-electron chi connectivity index (χ0n) is 12.7. The number of benzene rings is 1. The van der Waals surface area contributed by atoms with Crippen LogP contribution in [0.3, 0.4) is 0 Å². The number of sulfonamides is 1. The van der Waals surface area contributed by atoms with Gasteiger partial charge in [-0.05, 0) is 52.0 Å². The van der Waals surface area contributed by atoms with Gasteiger partial charge in [0.1, 0.15) is 0 Å². The van der Waals surface area contributed by atoms with Gasteiger partial charge in [-0.3, -0.25) is 4.72 Å². The summed E-state index contributed by atoms with van der Waals surface area (Å²) in [5.74, 6) is 0.0749. The molecule has 0 heterocycles. The standard InChI is InChI=1S/C14H25N3O2S/c1-5-20(18,19)17-13-8-6-12(7-9-13)15-10-11-16-14(2,3)4/h6-9,15-17H,5,10-11H2,1-4H3. The first-order valence-electron chi connectivity index (χ1n) is 6.81. The molecule has 0 atom stereocenters. The van der Waals surface area contributed by atoms with E-state index in [0.29, 0.717) is 5.69 Å². The number of hydrogen-bond acceptors (Lipinski definition) is 4. The molecule has 3 N–H and O–H groups in total. The summed E-state index contributed by atoms with van der Waals surface area (Å²) in [4.78, 5) is 0. The smallest absolute Gasteiger partial charge is 0.232 e. The first-order chi connectivity index (χ1) is 9.22. The molecular weight excluding hydrogens is 274 g/mol. The molecule has 0 aromatic heterocycles. The second-order valence-corrected chi connectivity index (χ2v) is 7.70. The molecule has 1 aromatic rings. The molecule has 0 aliphatic rings. The Labute approximate surface area is 122 Å². The third-order valence-electron chi connectivity index (χ3n) is 2.65. The quantitative estimate of drug-likeness (QED) is 0.675. The minimum atomic E-state index is -3.20. The van der Waals surface area contributed by atoms with Crippen molar-refractivity contribution >= 4 is 21.4 Å². The van der Waals surface area contributed by atoms with Crippen LogP contribution in [0.4, 0.5) is 11.4 Å². The minimum Gasteiger partial charge on any atom is -0.384 e. The van der Waals surface area contributed by atoms with Crippen LogP contribution in [0.15, 0.2) is 24.3 Å². The van der Waals surface area contributed by atoms with Crippen molar-refractivity contribution in [2.24, 2.45) is 0 Å². The Morgan fingerprint density at radius 2 is 1.55 bits per heavy atom. The summed E-state index contributed by atoms with van der Waals surface area (Å²) in [7, 11) is -3.20. The fraction of sp³-hybridized carbons (Fsp3) is 0.571. The molecule has 0 unspecified atom stereocenters. The molecule has 5 nitrogen and oxygen atoms in total. The van der Waals surface area contributed by atoms with Gasteiger partial charge in [0.25, 0.3) is 0 Å². The van der Waals surface area contributed by atoms with Crippen molar-refractivity contribution in [1.82, 2.24) is 5.32 Å². The van der Waals surface area contributed by atoms with Crippen molar-refractivity contribution in [3.63, 3.8) is 0 Å². The Balaban J connectivity index is 2.43. The van der Waals surface area contributed by atoms with Crippen LogP contribution >= 0.6 is 0 Å². The monoisotopic (exact) mass is 299 g/mol. The third kappa shape index (κ3) is 6.77. The molecule has 114 valence electrons. The van der Waals surface area contributed by atoms with Gasteiger partial charge >= 0.3 is 0 Å². The van der Waals surface area contributed by atoms with Crippen molar-refractivity contribution in [2.75, 3.05) is 28.9 Å². The Morgan fingerprint density at radius 3 is 2.05 bits per heavy atom. The lowest BCUT2D eigenvalue weighted by Gasteiger charge is -2.20. The van der Waals surface area contributed by atoms with Crippen LogP contribution in [0.1, 0.15) is 27.7 Å². The van der Waals surface area contributed by atoms with Crippen molar-refractivity contribution in [1.29, 1.82) is 0 Å². The molecule has 20 heavy (non-hydrogen) atoms. The lowest BCUT2D eigenvalue weighted by Crippen LogP contribution is -2.38. The van der Waals surface area contributed by atoms with E-state index in [9.17, 15) is 8.42 Å². The van der Waals surface area contributed by atoms with Crippen LogP contribution in [0.5, 0.6) is 0 Å². The Bertz CT molecular complexity index is 504. The van der Waals surface area contributed by atoms with Crippen LogP contribution in [-0.2, 0) is 10.0 Å². The van der Waals surface area contributed by atoms with Crippen molar-refractivity contribution < 1.29 is 8.42 Å². The van der Waals surface area contributed by atoms with E-state index in [1.54, 1.807) is 19.1 Å². The lowest BCUT2D eigenvalue weighted by molar-refractivity contribution is 0.435. The summed E-state index contributed by atoms with van der Waals surface area (Å²) >= 11 is 0. The zero-order chi connectivity index (χ0) is 15.2. The fourth-order valence-electron chi connectivity index (χ4n) is 1.55. The highest BCUT2D eigenvalue weighted by Gasteiger charge is 2.07. The van der Waals surface area contributed by atoms with Gasteiger partial charge in [-0.15, -0.1) is 0 Å². The first-order valence-corrected chi connectivity index (χ1v) is 8.46. The molecule has 0 saturated heterocycles. The Kier molecular flexibility index (Phi) is 5.83. The van der Waals surface area contributed by atoms with E-state index in [4.69, 9.17) is 0 Å². The highest BCUT2D eigenvalue weighted by atomic mass is 32.2. The van der Waals surface area contributed by atoms with E-state index in [-0.39, 0.29) is 11.3 Å². The maximum atomic E-state index is 11.4. The summed E-state index contributed by atoms with van der Waals surface area (Å²) < 4.78 is 25.4. The predicted octanol–water partition coefficient (Wildman–Crippen LogP) is 2.25. The molecule has 0 radical (unpaired) electrons. The van der Waals surface area contributed by atoms with Crippen LogP contribution in [0, 0.1) is 0 Å². The zero-order valence-corrected chi connectivity index (χ0v) is 13.5. The van der Waals surface area contributed by atoms with Gasteiger partial charge < -0.3 is 10.6 Å². The van der Waals surface area contributed by atoms with Gasteiger partial charge in [-0.2, -0.15) is 0 Å². The molecule has 0 amide bonds. The van der Waals surface area contributed by atoms with E-state index >= 15 is 0 Å². The highest BCUT2D eigenvalue weighted by Crippen LogP contribution is 2.14. The van der Waals surface area contributed by atoms with Crippen molar-refractivity contribution in [2.45, 2.75) is 33.2 Å². The van der Waals surface area contributed by atoms with Gasteiger partial charge in [-0.1, -0.05) is 0 Å². The van der Waals surface area contributed by atoms with E-state index in [1.165, 1.54) is 0 Å². The number of rotatable bonds is 7. The van der Waals surface area contributed by atoms with Gasteiger partial charge in [0.05, 0.1) is 5.75 Å². The van der Waals surface area contributed by atoms with E-state index in [1.807, 2.05) is 12.1 Å². The second-order valence-electron chi connectivity index (χ2n) is 5.69. The largest absolute Gasteiger partial charge is 0.384 e. The summed E-state index contributed by atoms with van der Waals surface area (Å²) in [5, 5.41) is 6.67. The lowest BCUT2D eigenvalue weighted by atomic mass is 10.1. The SMILES string of the molecule is CCS(=O)(=O)Nc1ccc(NCCNC(C)(C)C)cc1. The van der Waals surface area contributed by atoms with Gasteiger partial charge in [0.2, 0.25) is 10.0 Å². The molecular formula is C14H25N3O2S. The molecule has 0 aliphatic carbocycles.